The molecule has 2 aromatic rings. The van der Waals surface area contributed by atoms with Gasteiger partial charge in [0, 0.05) is 5.02 Å². The number of amides is 1. The minimum Gasteiger partial charge on any atom is -0.449 e. The number of ether oxygens (including phenoxy) is 1. The molecule has 2 N–H and O–H groups in total. The Kier molecular flexibility index (Phi) is 6.83. The van der Waals surface area contributed by atoms with Gasteiger partial charge in [0.05, 0.1) is 11.6 Å². The van der Waals surface area contributed by atoms with Crippen LogP contribution in [0.3, 0.4) is 0 Å². The number of carbonyl (C=O) groups excluding carboxylic acids is 1. The normalized spacial score (nSPS) is 12.5. The molecule has 0 aromatic heterocycles. The van der Waals surface area contributed by atoms with Crippen LogP contribution in [0.4, 0.5) is 4.79 Å². The van der Waals surface area contributed by atoms with Gasteiger partial charge in [0.25, 0.3) is 0 Å². The van der Waals surface area contributed by atoms with Gasteiger partial charge in [-0.15, -0.1) is 0 Å². The summed E-state index contributed by atoms with van der Waals surface area (Å²) in [5.74, 6) is -0.335. The second-order valence-corrected chi connectivity index (χ2v) is 6.11. The van der Waals surface area contributed by atoms with Gasteiger partial charge >= 0.3 is 6.09 Å². The van der Waals surface area contributed by atoms with Crippen molar-refractivity contribution in [2.45, 2.75) is 26.4 Å². The maximum absolute atomic E-state index is 11.0. The third kappa shape index (κ3) is 5.80. The van der Waals surface area contributed by atoms with Crippen LogP contribution >= 0.6 is 11.6 Å². The average molecular weight is 361 g/mol. The summed E-state index contributed by atoms with van der Waals surface area (Å²) in [5, 5.41) is 4.73. The van der Waals surface area contributed by atoms with Crippen molar-refractivity contribution < 1.29 is 14.4 Å². The summed E-state index contributed by atoms with van der Waals surface area (Å²) in [6, 6.07) is 15.3. The van der Waals surface area contributed by atoms with E-state index >= 15 is 0 Å². The highest BCUT2D eigenvalue weighted by Crippen LogP contribution is 2.26. The van der Waals surface area contributed by atoms with Crippen molar-refractivity contribution in [2.24, 2.45) is 10.9 Å². The third-order valence-corrected chi connectivity index (χ3v) is 4.04. The first-order valence-corrected chi connectivity index (χ1v) is 8.24. The summed E-state index contributed by atoms with van der Waals surface area (Å²) < 4.78 is 4.96. The van der Waals surface area contributed by atoms with Gasteiger partial charge in [-0.3, -0.25) is 0 Å². The molecule has 0 heterocycles. The van der Waals surface area contributed by atoms with Crippen molar-refractivity contribution >= 4 is 23.4 Å². The number of nitrogens with two attached hydrogens (primary N) is 1. The van der Waals surface area contributed by atoms with Crippen molar-refractivity contribution in [3.05, 3.63) is 70.2 Å². The Labute approximate surface area is 152 Å². The maximum atomic E-state index is 11.0. The monoisotopic (exact) mass is 360 g/mol. The Hall–Kier alpha value is -2.53. The van der Waals surface area contributed by atoms with Gasteiger partial charge < -0.3 is 15.3 Å². The first kappa shape index (κ1) is 18.8. The topological polar surface area (TPSA) is 73.9 Å². The molecule has 1 unspecified atom stereocenters. The summed E-state index contributed by atoms with van der Waals surface area (Å²) in [5.41, 5.74) is 8.70. The molecule has 1 amide bonds. The van der Waals surface area contributed by atoms with Crippen LogP contribution in [-0.2, 0) is 16.2 Å². The Morgan fingerprint density at radius 1 is 1.24 bits per heavy atom. The zero-order chi connectivity index (χ0) is 18.2. The summed E-state index contributed by atoms with van der Waals surface area (Å²) >= 11 is 6.26. The van der Waals surface area contributed by atoms with Crippen molar-refractivity contribution in [2.75, 3.05) is 6.61 Å². The van der Waals surface area contributed by atoms with Gasteiger partial charge in [0.1, 0.15) is 13.2 Å². The molecule has 5 nitrogen and oxygen atoms in total. The molecular formula is C19H21ClN2O3. The smallest absolute Gasteiger partial charge is 0.404 e. The molecule has 0 fully saturated rings. The van der Waals surface area contributed by atoms with Crippen molar-refractivity contribution in [1.82, 2.24) is 0 Å². The molecule has 0 aliphatic heterocycles. The second kappa shape index (κ2) is 9.08. The molecule has 0 spiro atoms. The lowest BCUT2D eigenvalue weighted by Crippen LogP contribution is -2.22. The molecule has 2 rings (SSSR count). The van der Waals surface area contributed by atoms with Crippen LogP contribution in [0.5, 0.6) is 0 Å². The Balaban J connectivity index is 2.12. The summed E-state index contributed by atoms with van der Waals surface area (Å²) in [6.45, 7) is 4.22. The summed E-state index contributed by atoms with van der Waals surface area (Å²) in [4.78, 5) is 16.4. The molecule has 0 radical (unpaired) electrons. The van der Waals surface area contributed by atoms with E-state index in [0.29, 0.717) is 17.3 Å². The fraction of sp³-hybridized carbons (Fsp3) is 0.263. The van der Waals surface area contributed by atoms with Gasteiger partial charge in [-0.2, -0.15) is 0 Å². The SMILES string of the molecule is CC(=NOCc1cccc(C)c1)C(COC(N)=O)c1ccccc1Cl. The molecular weight excluding hydrogens is 340 g/mol. The number of benzene rings is 2. The quantitative estimate of drug-likeness (QED) is 0.586. The minimum atomic E-state index is -0.842. The van der Waals surface area contributed by atoms with E-state index in [-0.39, 0.29) is 12.5 Å². The van der Waals surface area contributed by atoms with Gasteiger partial charge in [-0.25, -0.2) is 4.79 Å². The van der Waals surface area contributed by atoms with Gasteiger partial charge in [0.2, 0.25) is 0 Å². The van der Waals surface area contributed by atoms with Crippen LogP contribution in [0.25, 0.3) is 0 Å². The lowest BCUT2D eigenvalue weighted by Gasteiger charge is -2.17. The largest absolute Gasteiger partial charge is 0.449 e. The number of nitrogens with zero attached hydrogens (tertiary/aromatic N) is 1. The fourth-order valence-corrected chi connectivity index (χ4v) is 2.70. The number of hydrogen-bond donors (Lipinski definition) is 1. The standard InChI is InChI=1S/C19H21ClN2O3/c1-13-6-5-7-15(10-13)11-25-22-14(2)17(12-24-19(21)23)16-8-3-4-9-18(16)20/h3-10,17H,11-12H2,1-2H3,(H2,21,23). The van der Waals surface area contributed by atoms with E-state index in [1.807, 2.05) is 49.4 Å². The van der Waals surface area contributed by atoms with Crippen LogP contribution in [0, 0.1) is 6.92 Å². The van der Waals surface area contributed by atoms with Crippen LogP contribution in [0.2, 0.25) is 5.02 Å². The first-order chi connectivity index (χ1) is 12.0. The molecule has 132 valence electrons. The number of oxime groups is 1. The molecule has 0 aliphatic carbocycles. The lowest BCUT2D eigenvalue weighted by atomic mass is 9.96. The maximum Gasteiger partial charge on any atom is 0.404 e. The predicted octanol–water partition coefficient (Wildman–Crippen LogP) is 4.42. The predicted molar refractivity (Wildman–Crippen MR) is 98.8 cm³/mol. The molecule has 25 heavy (non-hydrogen) atoms. The molecule has 0 saturated carbocycles. The molecule has 6 heteroatoms. The highest BCUT2D eigenvalue weighted by Gasteiger charge is 2.20. The number of aryl methyl sites for hydroxylation is 1. The fourth-order valence-electron chi connectivity index (χ4n) is 2.43. The van der Waals surface area contributed by atoms with Crippen LogP contribution in [-0.4, -0.2) is 18.4 Å². The summed E-state index contributed by atoms with van der Waals surface area (Å²) in [7, 11) is 0. The van der Waals surface area contributed by atoms with Gasteiger partial charge in [0.15, 0.2) is 0 Å². The number of hydrogen-bond acceptors (Lipinski definition) is 4. The number of rotatable bonds is 7. The van der Waals surface area contributed by atoms with Gasteiger partial charge in [-0.1, -0.05) is 64.8 Å². The first-order valence-electron chi connectivity index (χ1n) is 7.86. The Bertz CT molecular complexity index is 762. The van der Waals surface area contributed by atoms with Gasteiger partial charge in [-0.05, 0) is 31.0 Å². The minimum absolute atomic E-state index is 0.0439. The van der Waals surface area contributed by atoms with E-state index in [1.54, 1.807) is 13.0 Å². The third-order valence-electron chi connectivity index (χ3n) is 3.70. The van der Waals surface area contributed by atoms with Crippen molar-refractivity contribution in [3.8, 4) is 0 Å². The van der Waals surface area contributed by atoms with Crippen LogP contribution in [0.15, 0.2) is 53.7 Å². The van der Waals surface area contributed by atoms with Crippen molar-refractivity contribution in [3.63, 3.8) is 0 Å². The lowest BCUT2D eigenvalue weighted by molar-refractivity contribution is 0.127. The van der Waals surface area contributed by atoms with E-state index in [4.69, 9.17) is 26.9 Å². The summed E-state index contributed by atoms with van der Waals surface area (Å²) in [6.07, 6.45) is -0.842. The molecule has 0 saturated heterocycles. The van der Waals surface area contributed by atoms with Crippen LogP contribution in [0.1, 0.15) is 29.5 Å². The van der Waals surface area contributed by atoms with E-state index in [9.17, 15) is 4.79 Å². The molecule has 1 atom stereocenters. The molecule has 0 aliphatic rings. The number of primary amides is 1. The van der Waals surface area contributed by atoms with Crippen molar-refractivity contribution in [1.29, 1.82) is 0 Å². The molecule has 0 bridgehead atoms. The number of halogens is 1. The van der Waals surface area contributed by atoms with E-state index < -0.39 is 6.09 Å². The highest BCUT2D eigenvalue weighted by atomic mass is 35.5. The zero-order valence-electron chi connectivity index (χ0n) is 14.2. The van der Waals surface area contributed by atoms with E-state index in [0.717, 1.165) is 16.7 Å². The second-order valence-electron chi connectivity index (χ2n) is 5.70. The highest BCUT2D eigenvalue weighted by molar-refractivity contribution is 6.31. The van der Waals surface area contributed by atoms with E-state index in [1.165, 1.54) is 0 Å². The average Bonchev–Trinajstić information content (AvgIpc) is 2.56. The van der Waals surface area contributed by atoms with E-state index in [2.05, 4.69) is 5.16 Å². The zero-order valence-corrected chi connectivity index (χ0v) is 15.0. The molecule has 2 aromatic carbocycles. The Morgan fingerprint density at radius 2 is 2.00 bits per heavy atom. The Morgan fingerprint density at radius 3 is 2.68 bits per heavy atom. The van der Waals surface area contributed by atoms with Crippen LogP contribution < -0.4 is 5.73 Å². The number of carbonyl (C=O) groups is 1.